The van der Waals surface area contributed by atoms with Crippen LogP contribution in [0.25, 0.3) is 27.1 Å². The fraction of sp³-hybridized carbons (Fsp3) is 0.158. The molecule has 0 unspecified atom stereocenters. The molecule has 1 saturated carbocycles. The van der Waals surface area contributed by atoms with Crippen LogP contribution in [0.1, 0.15) is 18.9 Å². The lowest BCUT2D eigenvalue weighted by molar-refractivity contribution is 0.642. The maximum Gasteiger partial charge on any atom is 0.180 e. The molecule has 7 nitrogen and oxygen atoms in total. The third-order valence-corrected chi connectivity index (χ3v) is 5.63. The van der Waals surface area contributed by atoms with Gasteiger partial charge in [-0.05, 0) is 31.0 Å². The summed E-state index contributed by atoms with van der Waals surface area (Å²) in [6.07, 6.45) is 12.1. The molecule has 0 saturated heterocycles. The molecule has 8 heteroatoms. The van der Waals surface area contributed by atoms with Crippen LogP contribution in [-0.4, -0.2) is 29.1 Å². The van der Waals surface area contributed by atoms with Crippen LogP contribution in [0.3, 0.4) is 0 Å². The molecule has 0 atom stereocenters. The fourth-order valence-corrected chi connectivity index (χ4v) is 4.02. The van der Waals surface area contributed by atoms with Crippen LogP contribution < -0.4 is 5.32 Å². The Kier molecular flexibility index (Phi) is 3.09. The van der Waals surface area contributed by atoms with Gasteiger partial charge in [0.25, 0.3) is 0 Å². The Balaban J connectivity index is 1.39. The minimum absolute atomic E-state index is 0.568. The van der Waals surface area contributed by atoms with Crippen molar-refractivity contribution >= 4 is 38.7 Å². The molecule has 6 rings (SSSR count). The minimum atomic E-state index is 0.568. The largest absolute Gasteiger partial charge is 0.337 e. The average molecular weight is 373 g/mol. The van der Waals surface area contributed by atoms with E-state index in [0.29, 0.717) is 6.04 Å². The lowest BCUT2D eigenvalue weighted by Crippen LogP contribution is -1.98. The number of anilines is 2. The normalized spacial score (nSPS) is 14.2. The van der Waals surface area contributed by atoms with Gasteiger partial charge in [0, 0.05) is 29.8 Å². The van der Waals surface area contributed by atoms with Gasteiger partial charge in [0.05, 0.1) is 39.9 Å². The van der Waals surface area contributed by atoms with E-state index >= 15 is 0 Å². The number of nitrogens with zero attached hydrogens (tertiary/aromatic N) is 6. The van der Waals surface area contributed by atoms with Gasteiger partial charge in [-0.25, -0.2) is 15.0 Å². The van der Waals surface area contributed by atoms with Gasteiger partial charge in [0.1, 0.15) is 0 Å². The second kappa shape index (κ2) is 5.62. The molecule has 132 valence electrons. The summed E-state index contributed by atoms with van der Waals surface area (Å²) in [6, 6.07) is 6.68. The summed E-state index contributed by atoms with van der Waals surface area (Å²) in [5, 5.41) is 7.89. The van der Waals surface area contributed by atoms with E-state index < -0.39 is 0 Å². The van der Waals surface area contributed by atoms with E-state index in [4.69, 9.17) is 0 Å². The average Bonchev–Trinajstić information content (AvgIpc) is 3.10. The van der Waals surface area contributed by atoms with Crippen molar-refractivity contribution in [2.45, 2.75) is 18.9 Å². The molecule has 4 heterocycles. The molecule has 1 aromatic carbocycles. The smallest absolute Gasteiger partial charge is 0.180 e. The Hall–Kier alpha value is -3.26. The number of aromatic nitrogens is 6. The highest BCUT2D eigenvalue weighted by molar-refractivity contribution is 7.16. The highest BCUT2D eigenvalue weighted by Crippen LogP contribution is 2.35. The summed E-state index contributed by atoms with van der Waals surface area (Å²) in [4.78, 5) is 13.4. The Bertz CT molecular complexity index is 1280. The number of hydrogen-bond acceptors (Lipinski definition) is 6. The van der Waals surface area contributed by atoms with E-state index in [1.807, 2.05) is 36.2 Å². The summed E-state index contributed by atoms with van der Waals surface area (Å²) in [7, 11) is 0. The third-order valence-electron chi connectivity index (χ3n) is 4.84. The first-order chi connectivity index (χ1) is 13.3. The molecular formula is C19H15N7S. The maximum atomic E-state index is 4.60. The highest BCUT2D eigenvalue weighted by atomic mass is 32.1. The first-order valence-corrected chi connectivity index (χ1v) is 9.70. The number of nitrogens with one attached hydrogen (secondary N) is 1. The topological polar surface area (TPSA) is 72.9 Å². The van der Waals surface area contributed by atoms with Crippen LogP contribution in [0, 0.1) is 0 Å². The minimum Gasteiger partial charge on any atom is -0.337 e. The fourth-order valence-electron chi connectivity index (χ4n) is 3.30. The molecule has 1 aliphatic carbocycles. The molecule has 0 radical (unpaired) electrons. The van der Waals surface area contributed by atoms with Crippen molar-refractivity contribution in [3.63, 3.8) is 0 Å². The van der Waals surface area contributed by atoms with Gasteiger partial charge in [-0.2, -0.15) is 5.10 Å². The van der Waals surface area contributed by atoms with Crippen LogP contribution in [0.2, 0.25) is 0 Å². The molecule has 0 amide bonds. The van der Waals surface area contributed by atoms with Gasteiger partial charge in [-0.1, -0.05) is 0 Å². The monoisotopic (exact) mass is 373 g/mol. The molecule has 0 aliphatic heterocycles. The zero-order valence-electron chi connectivity index (χ0n) is 14.3. The number of hydrogen-bond donors (Lipinski definition) is 1. The van der Waals surface area contributed by atoms with Gasteiger partial charge >= 0.3 is 0 Å². The molecule has 0 bridgehead atoms. The lowest BCUT2D eigenvalue weighted by atomic mass is 10.3. The van der Waals surface area contributed by atoms with E-state index in [-0.39, 0.29) is 0 Å². The van der Waals surface area contributed by atoms with Gasteiger partial charge < -0.3 is 5.32 Å². The van der Waals surface area contributed by atoms with Crippen molar-refractivity contribution in [1.82, 2.24) is 29.1 Å². The Morgan fingerprint density at radius 2 is 2.07 bits per heavy atom. The van der Waals surface area contributed by atoms with Crippen molar-refractivity contribution in [1.29, 1.82) is 0 Å². The molecule has 1 aliphatic rings. The second-order valence-electron chi connectivity index (χ2n) is 6.71. The summed E-state index contributed by atoms with van der Waals surface area (Å²) >= 11 is 1.63. The molecule has 4 aromatic heterocycles. The number of benzene rings is 1. The summed E-state index contributed by atoms with van der Waals surface area (Å²) < 4.78 is 5.25. The third kappa shape index (κ3) is 2.48. The first-order valence-electron chi connectivity index (χ1n) is 8.82. The zero-order chi connectivity index (χ0) is 17.8. The summed E-state index contributed by atoms with van der Waals surface area (Å²) in [6.45, 7) is 0. The van der Waals surface area contributed by atoms with E-state index in [1.165, 1.54) is 12.8 Å². The van der Waals surface area contributed by atoms with Gasteiger partial charge in [-0.3, -0.25) is 9.08 Å². The molecular weight excluding hydrogens is 358 g/mol. The number of thiazole rings is 1. The van der Waals surface area contributed by atoms with Crippen LogP contribution >= 0.6 is 11.3 Å². The molecule has 5 aromatic rings. The Morgan fingerprint density at radius 3 is 3.00 bits per heavy atom. The number of imidazole rings is 1. The van der Waals surface area contributed by atoms with Crippen LogP contribution in [0.15, 0.2) is 54.7 Å². The molecule has 0 spiro atoms. The SMILES string of the molecule is c1cn2c(-c3cnn(C4CC4)c3)cnc2c(Nc2ccc3ncsc3c2)n1. The lowest BCUT2D eigenvalue weighted by Gasteiger charge is -2.07. The van der Waals surface area contributed by atoms with Gasteiger partial charge in [-0.15, -0.1) is 11.3 Å². The Labute approximate surface area is 158 Å². The standard InChI is InChI=1S/C19H15N7S/c1-4-15-17(27-11-22-15)7-13(1)24-18-19-21-9-16(25(19)6-5-20-18)12-8-23-26(10-12)14-2-3-14/h1,4-11,14H,2-3H2,(H,20,24). The van der Waals surface area contributed by atoms with Gasteiger partial charge in [0.15, 0.2) is 11.5 Å². The summed E-state index contributed by atoms with van der Waals surface area (Å²) in [5.74, 6) is 0.724. The van der Waals surface area contributed by atoms with Crippen molar-refractivity contribution in [3.8, 4) is 11.3 Å². The Morgan fingerprint density at radius 1 is 1.11 bits per heavy atom. The highest BCUT2D eigenvalue weighted by Gasteiger charge is 2.24. The zero-order valence-corrected chi connectivity index (χ0v) is 15.1. The van der Waals surface area contributed by atoms with E-state index in [0.717, 1.165) is 38.6 Å². The van der Waals surface area contributed by atoms with Gasteiger partial charge in [0.2, 0.25) is 0 Å². The molecule has 1 fully saturated rings. The van der Waals surface area contributed by atoms with Crippen molar-refractivity contribution in [2.24, 2.45) is 0 Å². The number of fused-ring (bicyclic) bond motifs is 2. The quantitative estimate of drug-likeness (QED) is 0.509. The molecule has 1 N–H and O–H groups in total. The van der Waals surface area contributed by atoms with E-state index in [2.05, 4.69) is 46.7 Å². The number of rotatable bonds is 4. The van der Waals surface area contributed by atoms with Crippen molar-refractivity contribution in [2.75, 3.05) is 5.32 Å². The first kappa shape index (κ1) is 14.9. The van der Waals surface area contributed by atoms with Crippen LogP contribution in [0.5, 0.6) is 0 Å². The second-order valence-corrected chi connectivity index (χ2v) is 7.60. The molecule has 27 heavy (non-hydrogen) atoms. The predicted molar refractivity (Wildman–Crippen MR) is 105 cm³/mol. The summed E-state index contributed by atoms with van der Waals surface area (Å²) in [5.41, 5.74) is 6.70. The van der Waals surface area contributed by atoms with Crippen LogP contribution in [-0.2, 0) is 0 Å². The van der Waals surface area contributed by atoms with E-state index in [9.17, 15) is 0 Å². The predicted octanol–water partition coefficient (Wildman–Crippen LogP) is 4.28. The van der Waals surface area contributed by atoms with E-state index in [1.54, 1.807) is 17.5 Å². The maximum absolute atomic E-state index is 4.60. The van der Waals surface area contributed by atoms with Crippen LogP contribution in [0.4, 0.5) is 11.5 Å². The van der Waals surface area contributed by atoms with Crippen molar-refractivity contribution in [3.05, 3.63) is 54.7 Å². The van der Waals surface area contributed by atoms with Crippen molar-refractivity contribution < 1.29 is 0 Å².